The van der Waals surface area contributed by atoms with Gasteiger partial charge in [0.2, 0.25) is 0 Å². The summed E-state index contributed by atoms with van der Waals surface area (Å²) in [6.07, 6.45) is 0. The van der Waals surface area contributed by atoms with Gasteiger partial charge in [-0.2, -0.15) is 5.32 Å². The molecule has 0 radical (unpaired) electrons. The van der Waals surface area contributed by atoms with E-state index in [-0.39, 0.29) is 5.96 Å². The standard InChI is InChI=1S/C3N7O6.C2H6N4O/c11-8(12)2-4-1(7-10(15)16)5-3(6-2)9(13)14;3-1(4)6-2(5)7/h;(H6,3,4,5,6,7)/q-1;/p+1. The predicted octanol–water partition coefficient (Wildman–Crippen LogP) is -3.39. The smallest absolute Gasteiger partial charge is 0.390 e. The molecule has 18 heteroatoms. The molecule has 23 heavy (non-hydrogen) atoms. The number of nitro groups is 3. The van der Waals surface area contributed by atoms with Crippen LogP contribution in [-0.4, -0.2) is 41.8 Å². The van der Waals surface area contributed by atoms with E-state index in [0.29, 0.717) is 0 Å². The number of aromatic nitrogens is 3. The van der Waals surface area contributed by atoms with Gasteiger partial charge in [-0.05, 0) is 19.8 Å². The lowest BCUT2D eigenvalue weighted by atomic mass is 10.8. The van der Waals surface area contributed by atoms with Crippen LogP contribution in [0, 0.1) is 30.3 Å². The third-order valence-electron chi connectivity index (χ3n) is 1.37. The molecule has 1 heterocycles. The zero-order chi connectivity index (χ0) is 18.2. The van der Waals surface area contributed by atoms with Crippen molar-refractivity contribution in [1.82, 2.24) is 20.3 Å². The first-order valence-corrected chi connectivity index (χ1v) is 4.88. The number of urea groups is 1. The van der Waals surface area contributed by atoms with Crippen molar-refractivity contribution in [3.8, 4) is 0 Å². The second-order valence-corrected chi connectivity index (χ2v) is 3.03. The lowest BCUT2D eigenvalue weighted by Crippen LogP contribution is -2.57. The van der Waals surface area contributed by atoms with E-state index in [0.717, 1.165) is 0 Å². The lowest BCUT2D eigenvalue weighted by Gasteiger charge is -1.94. The highest BCUT2D eigenvalue weighted by Crippen LogP contribution is 2.18. The molecule has 18 nitrogen and oxygen atoms in total. The molecule has 0 aliphatic rings. The first kappa shape index (κ1) is 18.8. The van der Waals surface area contributed by atoms with Crippen LogP contribution in [0.4, 0.5) is 22.6 Å². The molecule has 0 unspecified atom stereocenters. The number of rotatable bonds is 4. The molecule has 7 N–H and O–H groups in total. The number of nitrogens with one attached hydrogen (secondary N) is 1. The van der Waals surface area contributed by atoms with Crippen LogP contribution in [0.15, 0.2) is 0 Å². The van der Waals surface area contributed by atoms with Crippen LogP contribution in [-0.2, 0) is 0 Å². The highest BCUT2D eigenvalue weighted by atomic mass is 16.7. The normalized spacial score (nSPS) is 8.87. The van der Waals surface area contributed by atoms with Crippen molar-refractivity contribution in [2.75, 3.05) is 0 Å². The summed E-state index contributed by atoms with van der Waals surface area (Å²) < 4.78 is 0. The summed E-state index contributed by atoms with van der Waals surface area (Å²) in [5.41, 5.74) is 11.8. The number of nitrogens with zero attached hydrogens (tertiary/aromatic N) is 7. The van der Waals surface area contributed by atoms with Gasteiger partial charge in [-0.25, -0.2) is 14.9 Å². The van der Waals surface area contributed by atoms with E-state index in [9.17, 15) is 35.1 Å². The lowest BCUT2D eigenvalue weighted by molar-refractivity contribution is -0.422. The van der Waals surface area contributed by atoms with E-state index in [1.54, 1.807) is 0 Å². The fraction of sp³-hybridized carbons (Fsp3) is 0. The molecule has 2 amide bonds. The number of nitrogens with two attached hydrogens (primary N) is 3. The number of hydrogen-bond acceptors (Lipinski definition) is 10. The SMILES string of the molecule is NC(=[NH2+])NC(N)=O.O=[N+]([O-])[N-]c1nc([N+](=O)[O-])nc([N+](=O)[O-])n1. The molecular formula is C5H7N11O7. The molecule has 0 saturated carbocycles. The molecule has 0 saturated heterocycles. The average Bonchev–Trinajstić information content (AvgIpc) is 2.36. The number of hydrogen-bond donors (Lipinski definition) is 4. The van der Waals surface area contributed by atoms with Crippen molar-refractivity contribution in [2.45, 2.75) is 0 Å². The Labute approximate surface area is 123 Å². The zero-order valence-electron chi connectivity index (χ0n) is 10.7. The maximum Gasteiger partial charge on any atom is 0.478 e. The predicted molar refractivity (Wildman–Crippen MR) is 67.0 cm³/mol. The second-order valence-electron chi connectivity index (χ2n) is 3.03. The van der Waals surface area contributed by atoms with Crippen LogP contribution < -0.4 is 22.2 Å². The van der Waals surface area contributed by atoms with E-state index >= 15 is 0 Å². The van der Waals surface area contributed by atoms with Crippen molar-refractivity contribution in [1.29, 1.82) is 0 Å². The quantitative estimate of drug-likeness (QED) is 0.182. The van der Waals surface area contributed by atoms with Crippen molar-refractivity contribution in [3.05, 3.63) is 35.8 Å². The highest BCUT2D eigenvalue weighted by molar-refractivity contribution is 5.91. The largest absolute Gasteiger partial charge is 0.478 e. The molecule has 0 aromatic carbocycles. The van der Waals surface area contributed by atoms with E-state index in [2.05, 4.69) is 26.1 Å². The Morgan fingerprint density at radius 1 is 1.04 bits per heavy atom. The van der Waals surface area contributed by atoms with Crippen LogP contribution in [0.5, 0.6) is 0 Å². The molecule has 0 bridgehead atoms. The minimum atomic E-state index is -1.25. The zero-order valence-corrected chi connectivity index (χ0v) is 10.7. The molecule has 0 fully saturated rings. The Balaban J connectivity index is 0.000000585. The summed E-state index contributed by atoms with van der Waals surface area (Å²) >= 11 is 0. The molecule has 0 atom stereocenters. The van der Waals surface area contributed by atoms with Crippen molar-refractivity contribution < 1.29 is 25.1 Å². The van der Waals surface area contributed by atoms with Gasteiger partial charge in [-0.1, -0.05) is 0 Å². The van der Waals surface area contributed by atoms with Gasteiger partial charge in [0.15, 0.2) is 0 Å². The van der Waals surface area contributed by atoms with Crippen LogP contribution in [0.25, 0.3) is 5.43 Å². The molecule has 0 spiro atoms. The van der Waals surface area contributed by atoms with Crippen LogP contribution in [0.1, 0.15) is 0 Å². The molecule has 124 valence electrons. The number of carbonyl (C=O) groups excluding carboxylic acids is 1. The van der Waals surface area contributed by atoms with Gasteiger partial charge in [0.25, 0.3) is 0 Å². The number of carbonyl (C=O) groups is 1. The summed E-state index contributed by atoms with van der Waals surface area (Å²) in [4.78, 5) is 46.5. The third-order valence-corrected chi connectivity index (χ3v) is 1.37. The van der Waals surface area contributed by atoms with Gasteiger partial charge >= 0.3 is 29.8 Å². The van der Waals surface area contributed by atoms with Crippen molar-refractivity contribution in [3.63, 3.8) is 0 Å². The summed E-state index contributed by atoms with van der Waals surface area (Å²) in [5, 5.41) is 35.8. The summed E-state index contributed by atoms with van der Waals surface area (Å²) in [6.45, 7) is 0. The van der Waals surface area contributed by atoms with E-state index < -0.39 is 38.8 Å². The van der Waals surface area contributed by atoms with Gasteiger partial charge < -0.3 is 26.0 Å². The molecule has 1 aromatic rings. The Morgan fingerprint density at radius 3 is 1.70 bits per heavy atom. The highest BCUT2D eigenvalue weighted by Gasteiger charge is 2.25. The molecule has 0 aliphatic heterocycles. The monoisotopic (exact) mass is 333 g/mol. The van der Waals surface area contributed by atoms with Crippen LogP contribution in [0.3, 0.4) is 0 Å². The van der Waals surface area contributed by atoms with Crippen LogP contribution >= 0.6 is 0 Å². The molecule has 0 aliphatic carbocycles. The van der Waals surface area contributed by atoms with E-state index in [4.69, 9.17) is 11.1 Å². The molecule has 1 rings (SSSR count). The van der Waals surface area contributed by atoms with Crippen molar-refractivity contribution >= 4 is 29.8 Å². The Bertz CT molecular complexity index is 614. The van der Waals surface area contributed by atoms with Gasteiger partial charge in [-0.15, -0.1) is 0 Å². The topological polar surface area (TPSA) is 289 Å². The van der Waals surface area contributed by atoms with Gasteiger partial charge in [0.05, 0.1) is 0 Å². The second kappa shape index (κ2) is 8.13. The number of guanidine groups is 1. The first-order chi connectivity index (χ1) is 10.5. The van der Waals surface area contributed by atoms with Crippen molar-refractivity contribution in [2.24, 2.45) is 11.5 Å². The Kier molecular flexibility index (Phi) is 6.63. The number of amides is 2. The average molecular weight is 333 g/mol. The Morgan fingerprint density at radius 2 is 1.48 bits per heavy atom. The number of primary amides is 1. The first-order valence-electron chi connectivity index (χ1n) is 4.88. The summed E-state index contributed by atoms with van der Waals surface area (Å²) in [6, 6.07) is -0.750. The molecular weight excluding hydrogens is 326 g/mol. The maximum atomic E-state index is 10.2. The maximum absolute atomic E-state index is 10.2. The summed E-state index contributed by atoms with van der Waals surface area (Å²) in [5.74, 6) is -3.59. The minimum absolute atomic E-state index is 0.187. The fourth-order valence-electron chi connectivity index (χ4n) is 0.767. The third kappa shape index (κ3) is 7.81. The molecule has 1 aromatic heterocycles. The summed E-state index contributed by atoms with van der Waals surface area (Å²) in [7, 11) is 0. The van der Waals surface area contributed by atoms with Gasteiger partial charge in [0, 0.05) is 10.4 Å². The van der Waals surface area contributed by atoms with Crippen LogP contribution in [0.2, 0.25) is 0 Å². The van der Waals surface area contributed by atoms with E-state index in [1.807, 2.05) is 5.32 Å². The Hall–Kier alpha value is -4.25. The minimum Gasteiger partial charge on any atom is -0.390 e. The van der Waals surface area contributed by atoms with Gasteiger partial charge in [-0.3, -0.25) is 11.1 Å². The van der Waals surface area contributed by atoms with E-state index in [1.165, 1.54) is 0 Å². The fourth-order valence-corrected chi connectivity index (χ4v) is 0.767. The van der Waals surface area contributed by atoms with Gasteiger partial charge in [0.1, 0.15) is 5.03 Å².